The number of benzene rings is 8. The van der Waals surface area contributed by atoms with Gasteiger partial charge in [0.1, 0.15) is 0 Å². The normalized spacial score (nSPS) is 14.1. The van der Waals surface area contributed by atoms with Crippen molar-refractivity contribution in [3.63, 3.8) is 0 Å². The van der Waals surface area contributed by atoms with Crippen LogP contribution in [0.4, 0.5) is 0 Å². The summed E-state index contributed by atoms with van der Waals surface area (Å²) < 4.78 is 76.9. The van der Waals surface area contributed by atoms with Gasteiger partial charge in [0.15, 0.2) is 0 Å². The molecule has 0 bridgehead atoms. The summed E-state index contributed by atoms with van der Waals surface area (Å²) in [5, 5.41) is 5.23. The Morgan fingerprint density at radius 2 is 1.14 bits per heavy atom. The largest absolute Gasteiger partial charge is 0.309 e. The number of hydrogen-bond donors (Lipinski definition) is 0. The molecule has 2 nitrogen and oxygen atoms in total. The van der Waals surface area contributed by atoms with Crippen LogP contribution in [0.2, 0.25) is 0 Å². The van der Waals surface area contributed by atoms with E-state index in [9.17, 15) is 1.37 Å². The molecule has 3 aromatic heterocycles. The molecule has 8 aromatic carbocycles. The number of thiophene rings is 1. The SMILES string of the molecule is [2H]c1c([2H])c(-c2ccccc2)c([2H])c(-c2ccc3sc4cccc(-n5c6ccccc6c6cc(-n7c8ccccc8c8c([2H])c([2H])c([2H])c([2H])c87)ccc65)c4c3c2)c1[2H]. The lowest BCUT2D eigenvalue weighted by atomic mass is 9.98. The Hall–Kier alpha value is -6.42. The van der Waals surface area contributed by atoms with Gasteiger partial charge in [-0.05, 0) is 88.9 Å². The van der Waals surface area contributed by atoms with Gasteiger partial charge in [-0.3, -0.25) is 0 Å². The second-order valence-electron chi connectivity index (χ2n) is 12.7. The van der Waals surface area contributed by atoms with E-state index in [1.807, 2.05) is 95.6 Å². The molecule has 51 heavy (non-hydrogen) atoms. The van der Waals surface area contributed by atoms with E-state index in [1.165, 1.54) is 0 Å². The molecule has 11 aromatic rings. The maximum absolute atomic E-state index is 9.31. The Morgan fingerprint density at radius 3 is 2.00 bits per heavy atom. The highest BCUT2D eigenvalue weighted by atomic mass is 32.1. The van der Waals surface area contributed by atoms with Crippen molar-refractivity contribution in [2.45, 2.75) is 0 Å². The molecule has 3 heteroatoms. The summed E-state index contributed by atoms with van der Waals surface area (Å²) in [5.74, 6) is 0. The van der Waals surface area contributed by atoms with Crippen LogP contribution in [0.25, 0.3) is 97.4 Å². The molecule has 0 unspecified atom stereocenters. The van der Waals surface area contributed by atoms with E-state index in [-0.39, 0.29) is 48.3 Å². The minimum absolute atomic E-state index is 0.0540. The van der Waals surface area contributed by atoms with Crippen LogP contribution in [0.3, 0.4) is 0 Å². The molecule has 0 aliphatic carbocycles. The lowest BCUT2D eigenvalue weighted by Gasteiger charge is -2.12. The van der Waals surface area contributed by atoms with Gasteiger partial charge < -0.3 is 9.13 Å². The summed E-state index contributed by atoms with van der Waals surface area (Å²) in [6.45, 7) is 0. The number of aromatic nitrogens is 2. The van der Waals surface area contributed by atoms with E-state index in [4.69, 9.17) is 9.60 Å². The van der Waals surface area contributed by atoms with Gasteiger partial charge >= 0.3 is 0 Å². The summed E-state index contributed by atoms with van der Waals surface area (Å²) in [7, 11) is 0. The lowest BCUT2D eigenvalue weighted by Crippen LogP contribution is -1.96. The molecule has 0 N–H and O–H groups in total. The second-order valence-corrected chi connectivity index (χ2v) is 13.8. The number of para-hydroxylation sites is 3. The van der Waals surface area contributed by atoms with Gasteiger partial charge in [-0.2, -0.15) is 0 Å². The van der Waals surface area contributed by atoms with Crippen LogP contribution in [-0.2, 0) is 0 Å². The van der Waals surface area contributed by atoms with Gasteiger partial charge in [-0.15, -0.1) is 11.3 Å². The van der Waals surface area contributed by atoms with Crippen LogP contribution in [-0.4, -0.2) is 9.13 Å². The van der Waals surface area contributed by atoms with Gasteiger partial charge in [-0.1, -0.05) is 115 Å². The van der Waals surface area contributed by atoms with Crippen molar-refractivity contribution >= 4 is 75.1 Å². The van der Waals surface area contributed by atoms with Gasteiger partial charge in [0.2, 0.25) is 0 Å². The van der Waals surface area contributed by atoms with Gasteiger partial charge in [0.05, 0.1) is 38.7 Å². The highest BCUT2D eigenvalue weighted by Gasteiger charge is 2.19. The van der Waals surface area contributed by atoms with Crippen LogP contribution in [0.1, 0.15) is 11.0 Å². The fraction of sp³-hybridized carbons (Fsp3) is 0. The van der Waals surface area contributed by atoms with E-state index >= 15 is 0 Å². The minimum atomic E-state index is -0.272. The molecule has 0 radical (unpaired) electrons. The monoisotopic (exact) mass is 674 g/mol. The molecule has 0 spiro atoms. The number of rotatable bonds is 4. The molecule has 238 valence electrons. The molecule has 0 fully saturated rings. The van der Waals surface area contributed by atoms with Crippen LogP contribution in [0.15, 0.2) is 182 Å². The third kappa shape index (κ3) is 4.29. The van der Waals surface area contributed by atoms with Crippen LogP contribution in [0.5, 0.6) is 0 Å². The van der Waals surface area contributed by atoms with Crippen molar-refractivity contribution in [1.82, 2.24) is 9.13 Å². The fourth-order valence-corrected chi connectivity index (χ4v) is 8.79. The average Bonchev–Trinajstić information content (AvgIpc) is 3.92. The van der Waals surface area contributed by atoms with Crippen LogP contribution >= 0.6 is 11.3 Å². The quantitative estimate of drug-likeness (QED) is 0.176. The van der Waals surface area contributed by atoms with E-state index in [2.05, 4.69) is 47.0 Å². The maximum Gasteiger partial charge on any atom is 0.0645 e. The topological polar surface area (TPSA) is 9.86 Å². The third-order valence-corrected chi connectivity index (χ3v) is 11.0. The molecule has 0 aliphatic rings. The molecule has 0 saturated carbocycles. The second kappa shape index (κ2) is 11.0. The highest BCUT2D eigenvalue weighted by Crippen LogP contribution is 2.43. The third-order valence-electron chi connectivity index (χ3n) is 9.91. The van der Waals surface area contributed by atoms with Gasteiger partial charge in [-0.25, -0.2) is 0 Å². The first-order chi connectivity index (χ1) is 28.6. The summed E-state index contributed by atoms with van der Waals surface area (Å²) in [5.41, 5.74) is 6.88. The predicted molar refractivity (Wildman–Crippen MR) is 219 cm³/mol. The minimum Gasteiger partial charge on any atom is -0.309 e. The number of nitrogens with zero attached hydrogens (tertiary/aromatic N) is 2. The first-order valence-corrected chi connectivity index (χ1v) is 17.6. The van der Waals surface area contributed by atoms with E-state index < -0.39 is 0 Å². The standard InChI is InChI=1S/C48H30N2S/c1-2-12-31(13-3-1)32-14-10-15-33(28-32)34-24-27-46-40(29-34)48-45(22-11-23-47(48)51-46)50-43-21-9-6-18-38(43)39-30-35(25-26-44(39)50)49-41-19-7-4-16-36(41)37-17-5-8-20-42(37)49/h1-30H/i4D,7D,10D,14D,15D,16D,19D,28D. The Balaban J connectivity index is 1.16. The van der Waals surface area contributed by atoms with Crippen molar-refractivity contribution in [3.05, 3.63) is 182 Å². The smallest absolute Gasteiger partial charge is 0.0645 e. The van der Waals surface area contributed by atoms with E-state index in [0.29, 0.717) is 33.2 Å². The molecule has 0 atom stereocenters. The highest BCUT2D eigenvalue weighted by molar-refractivity contribution is 7.25. The van der Waals surface area contributed by atoms with Crippen molar-refractivity contribution in [1.29, 1.82) is 0 Å². The van der Waals surface area contributed by atoms with Crippen LogP contribution in [0, 0.1) is 0 Å². The van der Waals surface area contributed by atoms with Gasteiger partial charge in [0.25, 0.3) is 0 Å². The summed E-state index contributed by atoms with van der Waals surface area (Å²) >= 11 is 1.67. The Kier molecular flexibility index (Phi) is 4.68. The fourth-order valence-electron chi connectivity index (χ4n) is 7.68. The van der Waals surface area contributed by atoms with Gasteiger partial charge in [0, 0.05) is 47.4 Å². The molecule has 3 heterocycles. The Bertz CT molecular complexity index is 3600. The van der Waals surface area contributed by atoms with Crippen molar-refractivity contribution in [3.8, 4) is 33.6 Å². The summed E-state index contributed by atoms with van der Waals surface area (Å²) in [6, 6.07) is 42.5. The maximum atomic E-state index is 9.31. The number of hydrogen-bond acceptors (Lipinski definition) is 1. The molecule has 11 rings (SSSR count). The van der Waals surface area contributed by atoms with Crippen molar-refractivity contribution < 1.29 is 11.0 Å². The zero-order chi connectivity index (χ0) is 40.4. The van der Waals surface area contributed by atoms with Crippen molar-refractivity contribution in [2.24, 2.45) is 0 Å². The number of fused-ring (bicyclic) bond motifs is 9. The lowest BCUT2D eigenvalue weighted by molar-refractivity contribution is 1.17. The Labute approximate surface area is 309 Å². The average molecular weight is 675 g/mol. The molecule has 0 saturated heterocycles. The van der Waals surface area contributed by atoms with Crippen LogP contribution < -0.4 is 0 Å². The summed E-state index contributed by atoms with van der Waals surface area (Å²) in [6.07, 6.45) is 0. The first kappa shape index (κ1) is 21.6. The first-order valence-electron chi connectivity index (χ1n) is 20.8. The van der Waals surface area contributed by atoms with E-state index in [0.717, 1.165) is 64.3 Å². The van der Waals surface area contributed by atoms with E-state index in [1.54, 1.807) is 11.3 Å². The molecular weight excluding hydrogens is 637 g/mol. The Morgan fingerprint density at radius 1 is 0.412 bits per heavy atom. The predicted octanol–water partition coefficient (Wildman–Crippen LogP) is 13.6. The summed E-state index contributed by atoms with van der Waals surface area (Å²) in [4.78, 5) is 0. The molecule has 0 aliphatic heterocycles. The molecule has 0 amide bonds. The van der Waals surface area contributed by atoms with Crippen molar-refractivity contribution in [2.75, 3.05) is 0 Å². The molecular formula is C48H30N2S. The zero-order valence-electron chi connectivity index (χ0n) is 35.0. The zero-order valence-corrected chi connectivity index (χ0v) is 27.8.